The number of nitrogens with two attached hydrogens (primary N) is 2. The van der Waals surface area contributed by atoms with E-state index in [4.69, 9.17) is 28.2 Å². The Kier molecular flexibility index (Phi) is 8.46. The van der Waals surface area contributed by atoms with Crippen LogP contribution in [0.3, 0.4) is 0 Å². The molecule has 0 atom stereocenters. The van der Waals surface area contributed by atoms with Gasteiger partial charge >= 0.3 is 0 Å². The normalized spacial score (nSPS) is 8.67. The highest BCUT2D eigenvalue weighted by Gasteiger charge is 2.07. The minimum absolute atomic E-state index is 0. The van der Waals surface area contributed by atoms with Gasteiger partial charge in [-0.2, -0.15) is 9.97 Å². The monoisotopic (exact) mass is 275 g/mol. The van der Waals surface area contributed by atoms with Crippen molar-refractivity contribution in [1.29, 1.82) is 0 Å². The van der Waals surface area contributed by atoms with Gasteiger partial charge in [-0.05, 0) is 0 Å². The molecule has 0 saturated carbocycles. The van der Waals surface area contributed by atoms with Crippen LogP contribution in [-0.4, -0.2) is 28.2 Å². The lowest BCUT2D eigenvalue weighted by molar-refractivity contribution is 0.311. The molecule has 15 heavy (non-hydrogen) atoms. The number of nitrogens with zero attached hydrogens (tertiary/aromatic N) is 2. The molecule has 0 bridgehead atoms. The Balaban J connectivity index is 0. The van der Waals surface area contributed by atoms with Gasteiger partial charge in [0.15, 0.2) is 11.0 Å². The number of hydrogen-bond acceptors (Lipinski definition) is 6. The predicted molar refractivity (Wildman–Crippen MR) is 65.9 cm³/mol. The molecule has 6 nitrogen and oxygen atoms in total. The van der Waals surface area contributed by atoms with Crippen LogP contribution in [0, 0.1) is 0 Å². The summed E-state index contributed by atoms with van der Waals surface area (Å²) in [6, 6.07) is 0. The molecule has 1 rings (SSSR count). The van der Waals surface area contributed by atoms with Gasteiger partial charge in [0.1, 0.15) is 5.69 Å². The molecule has 1 aromatic rings. The molecular formula is C6H12Cl3N5O. The van der Waals surface area contributed by atoms with Crippen molar-refractivity contribution < 1.29 is 5.11 Å². The lowest BCUT2D eigenvalue weighted by atomic mass is 10.4. The van der Waals surface area contributed by atoms with E-state index in [1.54, 1.807) is 0 Å². The molecule has 0 aliphatic carbocycles. The Morgan fingerprint density at radius 2 is 1.87 bits per heavy atom. The summed E-state index contributed by atoms with van der Waals surface area (Å²) < 4.78 is 0. The van der Waals surface area contributed by atoms with Gasteiger partial charge in [-0.15, -0.1) is 24.8 Å². The fourth-order valence-electron chi connectivity index (χ4n) is 0.767. The van der Waals surface area contributed by atoms with E-state index in [1.165, 1.54) is 0 Å². The van der Waals surface area contributed by atoms with E-state index in [-0.39, 0.29) is 48.2 Å². The van der Waals surface area contributed by atoms with Crippen LogP contribution < -0.4 is 16.8 Å². The van der Waals surface area contributed by atoms with Gasteiger partial charge in [0.25, 0.3) is 0 Å². The van der Waals surface area contributed by atoms with E-state index in [9.17, 15) is 0 Å². The maximum Gasteiger partial charge on any atom is 0.223 e. The van der Waals surface area contributed by atoms with E-state index >= 15 is 0 Å². The number of nitrogen functional groups attached to an aromatic ring is 2. The molecule has 0 aliphatic rings. The van der Waals surface area contributed by atoms with Gasteiger partial charge in [0.2, 0.25) is 5.95 Å². The lowest BCUT2D eigenvalue weighted by Gasteiger charge is -2.07. The zero-order valence-corrected chi connectivity index (χ0v) is 9.99. The van der Waals surface area contributed by atoms with Gasteiger partial charge in [0, 0.05) is 6.54 Å². The van der Waals surface area contributed by atoms with Crippen molar-refractivity contribution in [1.82, 2.24) is 9.97 Å². The summed E-state index contributed by atoms with van der Waals surface area (Å²) in [5.41, 5.74) is 11.1. The van der Waals surface area contributed by atoms with Crippen molar-refractivity contribution >= 4 is 53.9 Å². The minimum atomic E-state index is -0.0268. The second-order valence-corrected chi connectivity index (χ2v) is 2.64. The third-order valence-corrected chi connectivity index (χ3v) is 1.61. The first-order valence-electron chi connectivity index (χ1n) is 3.58. The van der Waals surface area contributed by atoms with Crippen molar-refractivity contribution in [3.8, 4) is 0 Å². The number of anilines is 3. The van der Waals surface area contributed by atoms with Gasteiger partial charge < -0.3 is 21.9 Å². The molecule has 1 aromatic heterocycles. The molecule has 1 heterocycles. The van der Waals surface area contributed by atoms with Crippen LogP contribution in [0.15, 0.2) is 0 Å². The maximum atomic E-state index is 8.55. The fourth-order valence-corrected chi connectivity index (χ4v) is 0.943. The highest BCUT2D eigenvalue weighted by atomic mass is 35.5. The Labute approximate surface area is 104 Å². The summed E-state index contributed by atoms with van der Waals surface area (Å²) in [5, 5.41) is 11.4. The SMILES string of the molecule is Cl.Cl.Nc1nc(Cl)c(N)c(NCCO)n1. The van der Waals surface area contributed by atoms with Crippen LogP contribution in [0.1, 0.15) is 0 Å². The summed E-state index contributed by atoms with van der Waals surface area (Å²) >= 11 is 5.64. The van der Waals surface area contributed by atoms with Gasteiger partial charge in [-0.25, -0.2) is 0 Å². The van der Waals surface area contributed by atoms with Gasteiger partial charge in [-0.3, -0.25) is 0 Å². The second kappa shape index (κ2) is 7.58. The van der Waals surface area contributed by atoms with Crippen molar-refractivity contribution in [2.45, 2.75) is 0 Å². The highest BCUT2D eigenvalue weighted by Crippen LogP contribution is 2.23. The molecular weight excluding hydrogens is 264 g/mol. The van der Waals surface area contributed by atoms with Crippen molar-refractivity contribution in [3.63, 3.8) is 0 Å². The molecule has 9 heteroatoms. The zero-order valence-electron chi connectivity index (χ0n) is 7.61. The average molecular weight is 277 g/mol. The first-order chi connectivity index (χ1) is 6.15. The second-order valence-electron chi connectivity index (χ2n) is 2.29. The smallest absolute Gasteiger partial charge is 0.223 e. The number of rotatable bonds is 3. The predicted octanol–water partition coefficient (Wildman–Crippen LogP) is 0.542. The number of nitrogens with one attached hydrogen (secondary N) is 1. The Morgan fingerprint density at radius 1 is 1.27 bits per heavy atom. The summed E-state index contributed by atoms with van der Waals surface area (Å²) in [6.45, 7) is 0.304. The number of aliphatic hydroxyl groups is 1. The number of aliphatic hydroxyl groups excluding tert-OH is 1. The van der Waals surface area contributed by atoms with Crippen LogP contribution >= 0.6 is 36.4 Å². The number of halogens is 3. The average Bonchev–Trinajstić information content (AvgIpc) is 2.09. The lowest BCUT2D eigenvalue weighted by Crippen LogP contribution is -2.11. The third kappa shape index (κ3) is 4.57. The van der Waals surface area contributed by atoms with Gasteiger partial charge in [0.05, 0.1) is 6.61 Å². The summed E-state index contributed by atoms with van der Waals surface area (Å²) in [6.07, 6.45) is 0. The minimum Gasteiger partial charge on any atom is -0.395 e. The molecule has 0 aliphatic heterocycles. The molecule has 88 valence electrons. The van der Waals surface area contributed by atoms with E-state index in [1.807, 2.05) is 0 Å². The van der Waals surface area contributed by atoms with Crippen molar-refractivity contribution in [2.24, 2.45) is 0 Å². The fraction of sp³-hybridized carbons (Fsp3) is 0.333. The Morgan fingerprint density at radius 3 is 2.40 bits per heavy atom. The van der Waals surface area contributed by atoms with Gasteiger partial charge in [-0.1, -0.05) is 11.6 Å². The van der Waals surface area contributed by atoms with E-state index < -0.39 is 0 Å². The van der Waals surface area contributed by atoms with Crippen molar-refractivity contribution in [2.75, 3.05) is 29.9 Å². The van der Waals surface area contributed by atoms with E-state index in [0.717, 1.165) is 0 Å². The summed E-state index contributed by atoms with van der Waals surface area (Å²) in [5.74, 6) is 0.381. The standard InChI is InChI=1S/C6H10ClN5O.2ClH/c7-4-3(8)5(10-1-2-13)12-6(9)11-4;;/h13H,1-2,8H2,(H3,9,10,11,12);2*1H. The summed E-state index contributed by atoms with van der Waals surface area (Å²) in [7, 11) is 0. The van der Waals surface area contributed by atoms with E-state index in [2.05, 4.69) is 15.3 Å². The summed E-state index contributed by atoms with van der Waals surface area (Å²) in [4.78, 5) is 7.45. The topological polar surface area (TPSA) is 110 Å². The molecule has 0 amide bonds. The largest absolute Gasteiger partial charge is 0.395 e. The Hall–Kier alpha value is -0.690. The Bertz CT molecular complexity index is 311. The van der Waals surface area contributed by atoms with Crippen molar-refractivity contribution in [3.05, 3.63) is 5.15 Å². The van der Waals surface area contributed by atoms with Crippen LogP contribution in [0.25, 0.3) is 0 Å². The van der Waals surface area contributed by atoms with Crippen LogP contribution in [0.5, 0.6) is 0 Å². The van der Waals surface area contributed by atoms with Crippen LogP contribution in [0.2, 0.25) is 5.15 Å². The molecule has 0 spiro atoms. The number of aromatic nitrogens is 2. The molecule has 0 saturated heterocycles. The van der Waals surface area contributed by atoms with Crippen LogP contribution in [0.4, 0.5) is 17.5 Å². The third-order valence-electron chi connectivity index (χ3n) is 1.32. The maximum absolute atomic E-state index is 8.55. The highest BCUT2D eigenvalue weighted by molar-refractivity contribution is 6.32. The zero-order chi connectivity index (χ0) is 9.84. The molecule has 0 radical (unpaired) electrons. The van der Waals surface area contributed by atoms with E-state index in [0.29, 0.717) is 12.4 Å². The van der Waals surface area contributed by atoms with Crippen LogP contribution in [-0.2, 0) is 0 Å². The first-order valence-corrected chi connectivity index (χ1v) is 3.96. The quantitative estimate of drug-likeness (QED) is 0.600. The molecule has 0 aromatic carbocycles. The molecule has 6 N–H and O–H groups in total. The molecule has 0 unspecified atom stereocenters. The number of hydrogen-bond donors (Lipinski definition) is 4. The molecule has 0 fully saturated rings. The first kappa shape index (κ1) is 16.7.